The zero-order chi connectivity index (χ0) is 8.55. The van der Waals surface area contributed by atoms with Crippen molar-refractivity contribution in [3.63, 3.8) is 0 Å². The van der Waals surface area contributed by atoms with Gasteiger partial charge in [0.1, 0.15) is 5.75 Å². The highest BCUT2D eigenvalue weighted by Gasteiger charge is 2.09. The maximum Gasteiger partial charge on any atom is 0.115 e. The summed E-state index contributed by atoms with van der Waals surface area (Å²) in [6.45, 7) is 2.18. The quantitative estimate of drug-likeness (QED) is 0.618. The van der Waals surface area contributed by atoms with Crippen LogP contribution in [0, 0.1) is 5.92 Å². The predicted molar refractivity (Wildman–Crippen MR) is 50.0 cm³/mol. The van der Waals surface area contributed by atoms with Crippen LogP contribution >= 0.6 is 0 Å². The number of rotatable bonds is 0. The van der Waals surface area contributed by atoms with Crippen LogP contribution in [-0.2, 0) is 6.42 Å². The van der Waals surface area contributed by atoms with E-state index in [0.29, 0.717) is 11.7 Å². The van der Waals surface area contributed by atoms with E-state index in [1.165, 1.54) is 11.1 Å². The first-order chi connectivity index (χ1) is 5.75. The molecular formula is C11H12O. The van der Waals surface area contributed by atoms with Crippen molar-refractivity contribution in [2.24, 2.45) is 5.92 Å². The summed E-state index contributed by atoms with van der Waals surface area (Å²) in [7, 11) is 0. The highest BCUT2D eigenvalue weighted by atomic mass is 16.3. The SMILES string of the molecule is C[C@H]1C=Cc2ccc(O)cc2C1. The zero-order valence-corrected chi connectivity index (χ0v) is 7.12. The average molecular weight is 160 g/mol. The fourth-order valence-corrected chi connectivity index (χ4v) is 1.61. The lowest BCUT2D eigenvalue weighted by atomic mass is 9.91. The lowest BCUT2D eigenvalue weighted by Crippen LogP contribution is -2.02. The molecule has 12 heavy (non-hydrogen) atoms. The number of phenols is 1. The lowest BCUT2D eigenvalue weighted by Gasteiger charge is -2.15. The van der Waals surface area contributed by atoms with Gasteiger partial charge in [-0.2, -0.15) is 0 Å². The third-order valence-corrected chi connectivity index (χ3v) is 2.27. The second kappa shape index (κ2) is 2.67. The molecule has 1 aliphatic carbocycles. The summed E-state index contributed by atoms with van der Waals surface area (Å²) < 4.78 is 0. The van der Waals surface area contributed by atoms with Crippen LogP contribution in [0.5, 0.6) is 5.75 Å². The standard InChI is InChI=1S/C11H12O/c1-8-2-3-9-4-5-11(12)7-10(9)6-8/h2-5,7-8,12H,6H2,1H3/t8-/m0/s1. The Morgan fingerprint density at radius 3 is 3.08 bits per heavy atom. The van der Waals surface area contributed by atoms with Crippen LogP contribution in [0.1, 0.15) is 18.1 Å². The average Bonchev–Trinajstić information content (AvgIpc) is 2.03. The molecule has 1 nitrogen and oxygen atoms in total. The predicted octanol–water partition coefficient (Wildman–Crippen LogP) is 2.60. The van der Waals surface area contributed by atoms with Gasteiger partial charge in [0.05, 0.1) is 0 Å². The number of hydrogen-bond acceptors (Lipinski definition) is 1. The van der Waals surface area contributed by atoms with Crippen LogP contribution in [0.25, 0.3) is 6.08 Å². The molecule has 1 aromatic carbocycles. The van der Waals surface area contributed by atoms with Gasteiger partial charge in [-0.3, -0.25) is 0 Å². The van der Waals surface area contributed by atoms with Gasteiger partial charge >= 0.3 is 0 Å². The Morgan fingerprint density at radius 1 is 1.42 bits per heavy atom. The van der Waals surface area contributed by atoms with Gasteiger partial charge in [-0.15, -0.1) is 0 Å². The maximum atomic E-state index is 9.25. The molecule has 1 aliphatic rings. The first-order valence-corrected chi connectivity index (χ1v) is 4.26. The van der Waals surface area contributed by atoms with Gasteiger partial charge in [-0.05, 0) is 35.6 Å². The first-order valence-electron chi connectivity index (χ1n) is 4.26. The highest BCUT2D eigenvalue weighted by molar-refractivity contribution is 5.58. The van der Waals surface area contributed by atoms with Gasteiger partial charge < -0.3 is 5.11 Å². The van der Waals surface area contributed by atoms with Crippen molar-refractivity contribution in [2.45, 2.75) is 13.3 Å². The molecule has 62 valence electrons. The van der Waals surface area contributed by atoms with E-state index in [9.17, 15) is 5.11 Å². The van der Waals surface area contributed by atoms with Crippen molar-refractivity contribution in [1.29, 1.82) is 0 Å². The largest absolute Gasteiger partial charge is 0.508 e. The second-order valence-electron chi connectivity index (χ2n) is 3.42. The molecule has 0 radical (unpaired) electrons. The Labute approximate surface area is 72.4 Å². The fraction of sp³-hybridized carbons (Fsp3) is 0.273. The highest BCUT2D eigenvalue weighted by Crippen LogP contribution is 2.25. The summed E-state index contributed by atoms with van der Waals surface area (Å²) in [5, 5.41) is 9.25. The lowest BCUT2D eigenvalue weighted by molar-refractivity contribution is 0.474. The molecule has 1 heteroatoms. The number of aromatic hydroxyl groups is 1. The van der Waals surface area contributed by atoms with Crippen LogP contribution < -0.4 is 0 Å². The van der Waals surface area contributed by atoms with Gasteiger partial charge in [0.15, 0.2) is 0 Å². The van der Waals surface area contributed by atoms with Crippen LogP contribution in [0.4, 0.5) is 0 Å². The fourth-order valence-electron chi connectivity index (χ4n) is 1.61. The third kappa shape index (κ3) is 1.22. The molecule has 0 heterocycles. The van der Waals surface area contributed by atoms with Gasteiger partial charge in [0.2, 0.25) is 0 Å². The van der Waals surface area contributed by atoms with Crippen LogP contribution in [0.15, 0.2) is 24.3 Å². The summed E-state index contributed by atoms with van der Waals surface area (Å²) in [4.78, 5) is 0. The number of allylic oxidation sites excluding steroid dienone is 1. The molecule has 0 aromatic heterocycles. The minimum Gasteiger partial charge on any atom is -0.508 e. The molecule has 0 aliphatic heterocycles. The Balaban J connectivity index is 2.47. The van der Waals surface area contributed by atoms with E-state index < -0.39 is 0 Å². The Morgan fingerprint density at radius 2 is 2.25 bits per heavy atom. The van der Waals surface area contributed by atoms with E-state index >= 15 is 0 Å². The monoisotopic (exact) mass is 160 g/mol. The molecule has 1 atom stereocenters. The normalized spacial score (nSPS) is 20.6. The van der Waals surface area contributed by atoms with Crippen LogP contribution in [-0.4, -0.2) is 5.11 Å². The molecule has 0 saturated heterocycles. The minimum absolute atomic E-state index is 0.372. The first kappa shape index (κ1) is 7.41. The van der Waals surface area contributed by atoms with Gasteiger partial charge in [-0.1, -0.05) is 25.1 Å². The maximum absolute atomic E-state index is 9.25. The molecule has 2 rings (SSSR count). The van der Waals surface area contributed by atoms with Crippen LogP contribution in [0.2, 0.25) is 0 Å². The summed E-state index contributed by atoms with van der Waals surface area (Å²) in [5.41, 5.74) is 2.50. The molecule has 1 aromatic rings. The van der Waals surface area contributed by atoms with Gasteiger partial charge in [-0.25, -0.2) is 0 Å². The van der Waals surface area contributed by atoms with Crippen molar-refractivity contribution in [1.82, 2.24) is 0 Å². The van der Waals surface area contributed by atoms with Crippen molar-refractivity contribution in [3.8, 4) is 5.75 Å². The summed E-state index contributed by atoms with van der Waals surface area (Å²) in [6.07, 6.45) is 5.38. The van der Waals surface area contributed by atoms with E-state index in [-0.39, 0.29) is 0 Å². The van der Waals surface area contributed by atoms with Crippen molar-refractivity contribution >= 4 is 6.08 Å². The minimum atomic E-state index is 0.372. The summed E-state index contributed by atoms with van der Waals surface area (Å²) in [5.74, 6) is 0.968. The van der Waals surface area contributed by atoms with E-state index in [1.807, 2.05) is 12.1 Å². The number of fused-ring (bicyclic) bond motifs is 1. The molecule has 0 amide bonds. The van der Waals surface area contributed by atoms with Crippen molar-refractivity contribution in [3.05, 3.63) is 35.4 Å². The van der Waals surface area contributed by atoms with E-state index in [0.717, 1.165) is 6.42 Å². The molecule has 1 N–H and O–H groups in total. The molecular weight excluding hydrogens is 148 g/mol. The molecule has 0 bridgehead atoms. The Hall–Kier alpha value is -1.24. The number of phenolic OH excluding ortho intramolecular Hbond substituents is 1. The van der Waals surface area contributed by atoms with E-state index in [1.54, 1.807) is 6.07 Å². The molecule has 0 unspecified atom stereocenters. The van der Waals surface area contributed by atoms with Crippen molar-refractivity contribution < 1.29 is 5.11 Å². The molecule has 0 saturated carbocycles. The Kier molecular flexibility index (Phi) is 1.65. The van der Waals surface area contributed by atoms with E-state index in [4.69, 9.17) is 0 Å². The van der Waals surface area contributed by atoms with Gasteiger partial charge in [0.25, 0.3) is 0 Å². The third-order valence-electron chi connectivity index (χ3n) is 2.27. The summed E-state index contributed by atoms with van der Waals surface area (Å²) >= 11 is 0. The molecule has 0 spiro atoms. The number of hydrogen-bond donors (Lipinski definition) is 1. The van der Waals surface area contributed by atoms with Crippen LogP contribution in [0.3, 0.4) is 0 Å². The molecule has 0 fully saturated rings. The smallest absolute Gasteiger partial charge is 0.115 e. The number of benzene rings is 1. The van der Waals surface area contributed by atoms with E-state index in [2.05, 4.69) is 19.1 Å². The van der Waals surface area contributed by atoms with Gasteiger partial charge in [0, 0.05) is 0 Å². The van der Waals surface area contributed by atoms with Crippen molar-refractivity contribution in [2.75, 3.05) is 0 Å². The second-order valence-corrected chi connectivity index (χ2v) is 3.42. The zero-order valence-electron chi connectivity index (χ0n) is 7.12. The Bertz CT molecular complexity index is 326. The summed E-state index contributed by atoms with van der Waals surface area (Å²) in [6, 6.07) is 5.56. The topological polar surface area (TPSA) is 20.2 Å².